The van der Waals surface area contributed by atoms with Gasteiger partial charge < -0.3 is 14.2 Å². The van der Waals surface area contributed by atoms with Crippen molar-refractivity contribution < 1.29 is 23.0 Å². The first-order valence-corrected chi connectivity index (χ1v) is 10.5. The van der Waals surface area contributed by atoms with Gasteiger partial charge in [0.2, 0.25) is 6.23 Å². The molecule has 7 heteroatoms. The maximum Gasteiger partial charge on any atom is 0.214 e. The van der Waals surface area contributed by atoms with Gasteiger partial charge >= 0.3 is 0 Å². The summed E-state index contributed by atoms with van der Waals surface area (Å²) in [5.41, 5.74) is 3.21. The number of hydrogen-bond acceptors (Lipinski definition) is 5. The van der Waals surface area contributed by atoms with E-state index < -0.39 is 17.9 Å². The quantitative estimate of drug-likeness (QED) is 0.521. The Hall–Kier alpha value is -3.61. The summed E-state index contributed by atoms with van der Waals surface area (Å²) in [6.45, 7) is 2.39. The molecule has 0 spiro atoms. The normalized spacial score (nSPS) is 19.0. The molecule has 32 heavy (non-hydrogen) atoms. The van der Waals surface area contributed by atoms with Crippen molar-refractivity contribution in [2.24, 2.45) is 5.10 Å². The molecule has 0 saturated heterocycles. The summed E-state index contributed by atoms with van der Waals surface area (Å²) in [7, 11) is 1.62. The van der Waals surface area contributed by atoms with Crippen molar-refractivity contribution in [3.63, 3.8) is 0 Å². The second-order valence-electron chi connectivity index (χ2n) is 7.63. The standard InChI is InChI=1S/C25H22F2N2O3/c1-3-31-23-9-5-8-18-22-14-21(15-6-4-7-17(12-15)30-2)28-29(22)25(32-24(18)23)16-10-11-19(26)20(27)13-16/h4-13,22,25H,3,14H2,1-2H3/t22-,25-/m1/s1. The SMILES string of the molecule is CCOc1cccc2c1O[C@H](c1ccc(F)c(F)c1)N1N=C(c3cccc(OC)c3)C[C@H]21. The van der Waals surface area contributed by atoms with E-state index in [1.807, 2.05) is 54.4 Å². The molecule has 164 valence electrons. The predicted octanol–water partition coefficient (Wildman–Crippen LogP) is 5.61. The summed E-state index contributed by atoms with van der Waals surface area (Å²) in [6.07, 6.45) is -0.105. The highest BCUT2D eigenvalue weighted by molar-refractivity contribution is 6.02. The Morgan fingerprint density at radius 3 is 2.69 bits per heavy atom. The first-order chi connectivity index (χ1) is 15.6. The van der Waals surface area contributed by atoms with Crippen LogP contribution in [0.15, 0.2) is 65.8 Å². The highest BCUT2D eigenvalue weighted by Crippen LogP contribution is 2.50. The topological polar surface area (TPSA) is 43.3 Å². The zero-order chi connectivity index (χ0) is 22.2. The molecule has 2 aliphatic heterocycles. The number of para-hydroxylation sites is 1. The summed E-state index contributed by atoms with van der Waals surface area (Å²) in [6, 6.07) is 17.1. The molecular weight excluding hydrogens is 414 g/mol. The van der Waals surface area contributed by atoms with Crippen LogP contribution in [0.2, 0.25) is 0 Å². The number of fused-ring (bicyclic) bond motifs is 3. The van der Waals surface area contributed by atoms with Gasteiger partial charge in [-0.2, -0.15) is 5.10 Å². The molecule has 0 N–H and O–H groups in total. The summed E-state index contributed by atoms with van der Waals surface area (Å²) < 4.78 is 45.1. The van der Waals surface area contributed by atoms with E-state index in [2.05, 4.69) is 0 Å². The predicted molar refractivity (Wildman–Crippen MR) is 116 cm³/mol. The molecule has 3 aromatic rings. The van der Waals surface area contributed by atoms with Crippen LogP contribution in [0.1, 0.15) is 42.3 Å². The van der Waals surface area contributed by atoms with Gasteiger partial charge in [0.15, 0.2) is 23.1 Å². The van der Waals surface area contributed by atoms with Crippen molar-refractivity contribution >= 4 is 5.71 Å². The third-order valence-corrected chi connectivity index (χ3v) is 5.71. The van der Waals surface area contributed by atoms with Crippen molar-refractivity contribution in [1.82, 2.24) is 5.01 Å². The summed E-state index contributed by atoms with van der Waals surface area (Å²) >= 11 is 0. The van der Waals surface area contributed by atoms with Crippen LogP contribution in [0.5, 0.6) is 17.2 Å². The van der Waals surface area contributed by atoms with E-state index in [9.17, 15) is 8.78 Å². The smallest absolute Gasteiger partial charge is 0.214 e. The van der Waals surface area contributed by atoms with Gasteiger partial charge in [-0.25, -0.2) is 13.8 Å². The van der Waals surface area contributed by atoms with Gasteiger partial charge in [0.25, 0.3) is 0 Å². The number of hydrazone groups is 1. The Balaban J connectivity index is 1.61. The molecule has 0 amide bonds. The average molecular weight is 436 g/mol. The monoisotopic (exact) mass is 436 g/mol. The van der Waals surface area contributed by atoms with Crippen molar-refractivity contribution in [3.8, 4) is 17.2 Å². The van der Waals surface area contributed by atoms with Crippen LogP contribution < -0.4 is 14.2 Å². The number of ether oxygens (including phenoxy) is 3. The summed E-state index contributed by atoms with van der Waals surface area (Å²) in [5.74, 6) is 0.128. The molecule has 0 aliphatic carbocycles. The minimum absolute atomic E-state index is 0.140. The number of nitrogens with zero attached hydrogens (tertiary/aromatic N) is 2. The molecule has 0 radical (unpaired) electrons. The Labute approximate surface area is 184 Å². The molecule has 0 saturated carbocycles. The fourth-order valence-electron chi connectivity index (χ4n) is 4.22. The highest BCUT2D eigenvalue weighted by atomic mass is 19.2. The van der Waals surface area contributed by atoms with E-state index in [4.69, 9.17) is 19.3 Å². The minimum Gasteiger partial charge on any atom is -0.497 e. The zero-order valence-electron chi connectivity index (χ0n) is 17.7. The van der Waals surface area contributed by atoms with Crippen LogP contribution in [0.3, 0.4) is 0 Å². The van der Waals surface area contributed by atoms with E-state index in [1.54, 1.807) is 7.11 Å². The van der Waals surface area contributed by atoms with Crippen LogP contribution in [0.4, 0.5) is 8.78 Å². The van der Waals surface area contributed by atoms with E-state index >= 15 is 0 Å². The molecule has 3 aromatic carbocycles. The lowest BCUT2D eigenvalue weighted by atomic mass is 9.95. The third-order valence-electron chi connectivity index (χ3n) is 5.71. The van der Waals surface area contributed by atoms with Gasteiger partial charge in [-0.3, -0.25) is 0 Å². The van der Waals surface area contributed by atoms with E-state index in [0.717, 1.165) is 34.7 Å². The van der Waals surface area contributed by atoms with Crippen molar-refractivity contribution in [1.29, 1.82) is 0 Å². The molecule has 5 rings (SSSR count). The van der Waals surface area contributed by atoms with Gasteiger partial charge in [-0.1, -0.05) is 30.3 Å². The summed E-state index contributed by atoms with van der Waals surface area (Å²) in [5, 5.41) is 6.67. The van der Waals surface area contributed by atoms with E-state index in [1.165, 1.54) is 6.07 Å². The van der Waals surface area contributed by atoms with Gasteiger partial charge in [-0.05, 0) is 37.3 Å². The van der Waals surface area contributed by atoms with Crippen molar-refractivity contribution in [3.05, 3.63) is 89.0 Å². The van der Waals surface area contributed by atoms with Gasteiger partial charge in [0.05, 0.1) is 25.5 Å². The molecule has 2 heterocycles. The molecule has 2 aliphatic rings. The van der Waals surface area contributed by atoms with Gasteiger partial charge in [-0.15, -0.1) is 0 Å². The van der Waals surface area contributed by atoms with Gasteiger partial charge in [0.1, 0.15) is 5.75 Å². The second-order valence-corrected chi connectivity index (χ2v) is 7.63. The number of halogens is 2. The largest absolute Gasteiger partial charge is 0.497 e. The molecule has 0 bridgehead atoms. The molecular formula is C25H22F2N2O3. The van der Waals surface area contributed by atoms with Gasteiger partial charge in [0, 0.05) is 23.1 Å². The Morgan fingerprint density at radius 1 is 1.06 bits per heavy atom. The Bertz CT molecular complexity index is 1200. The number of methoxy groups -OCH3 is 1. The second kappa shape index (κ2) is 8.15. The number of hydrogen-bond donors (Lipinski definition) is 0. The lowest BCUT2D eigenvalue weighted by molar-refractivity contribution is -0.0214. The van der Waals surface area contributed by atoms with Crippen molar-refractivity contribution in [2.75, 3.05) is 13.7 Å². The fourth-order valence-corrected chi connectivity index (χ4v) is 4.22. The third kappa shape index (κ3) is 3.43. The first-order valence-electron chi connectivity index (χ1n) is 10.5. The maximum absolute atomic E-state index is 14.1. The molecule has 0 unspecified atom stereocenters. The Morgan fingerprint density at radius 2 is 1.91 bits per heavy atom. The van der Waals surface area contributed by atoms with Crippen LogP contribution in [0, 0.1) is 11.6 Å². The molecule has 0 aromatic heterocycles. The molecule has 5 nitrogen and oxygen atoms in total. The fraction of sp³-hybridized carbons (Fsp3) is 0.240. The van der Waals surface area contributed by atoms with E-state index in [0.29, 0.717) is 30.1 Å². The maximum atomic E-state index is 14.1. The van der Waals surface area contributed by atoms with E-state index in [-0.39, 0.29) is 6.04 Å². The Kier molecular flexibility index (Phi) is 5.17. The highest BCUT2D eigenvalue weighted by Gasteiger charge is 2.42. The number of benzene rings is 3. The lowest BCUT2D eigenvalue weighted by Gasteiger charge is -2.38. The summed E-state index contributed by atoms with van der Waals surface area (Å²) in [4.78, 5) is 0. The van der Waals surface area contributed by atoms with Crippen LogP contribution in [-0.2, 0) is 0 Å². The van der Waals surface area contributed by atoms with Crippen LogP contribution in [0.25, 0.3) is 0 Å². The van der Waals surface area contributed by atoms with Crippen LogP contribution in [-0.4, -0.2) is 24.4 Å². The number of rotatable bonds is 5. The average Bonchev–Trinajstić information content (AvgIpc) is 3.27. The first kappa shape index (κ1) is 20.3. The lowest BCUT2D eigenvalue weighted by Crippen LogP contribution is -2.34. The minimum atomic E-state index is -0.928. The zero-order valence-corrected chi connectivity index (χ0v) is 17.7. The van der Waals surface area contributed by atoms with Crippen molar-refractivity contribution in [2.45, 2.75) is 25.6 Å². The molecule has 0 fully saturated rings. The molecule has 2 atom stereocenters. The van der Waals surface area contributed by atoms with Crippen LogP contribution >= 0.6 is 0 Å².